The normalized spacial score (nSPS) is 15.6. The second-order valence-corrected chi connectivity index (χ2v) is 7.08. The molecule has 1 fully saturated rings. The number of thiazole rings is 1. The fourth-order valence-electron chi connectivity index (χ4n) is 2.28. The van der Waals surface area contributed by atoms with Crippen molar-refractivity contribution in [3.8, 4) is 0 Å². The maximum absolute atomic E-state index is 11.9. The molecule has 1 amide bonds. The van der Waals surface area contributed by atoms with Crippen molar-refractivity contribution in [2.24, 2.45) is 0 Å². The van der Waals surface area contributed by atoms with E-state index in [1.165, 1.54) is 16.5 Å². The molecule has 0 saturated carbocycles. The number of nitrogens with one attached hydrogen (secondary N) is 2. The summed E-state index contributed by atoms with van der Waals surface area (Å²) in [5, 5.41) is 6.40. The highest BCUT2D eigenvalue weighted by Crippen LogP contribution is 2.29. The highest BCUT2D eigenvalue weighted by atomic mass is 35.5. The molecule has 2 heterocycles. The average Bonchev–Trinajstić information content (AvgIpc) is 2.89. The Balaban J connectivity index is 0.00000161. The van der Waals surface area contributed by atoms with Crippen LogP contribution in [-0.4, -0.2) is 35.8 Å². The summed E-state index contributed by atoms with van der Waals surface area (Å²) in [6.45, 7) is 1.99. The number of carbonyl (C=O) groups is 1. The van der Waals surface area contributed by atoms with Crippen LogP contribution in [0.2, 0.25) is 0 Å². The first-order chi connectivity index (χ1) is 9.81. The number of fused-ring (bicyclic) bond motifs is 1. The average molecular weight is 344 g/mol. The van der Waals surface area contributed by atoms with E-state index in [0.717, 1.165) is 35.8 Å². The molecule has 1 aliphatic heterocycles. The Morgan fingerprint density at radius 1 is 1.38 bits per heavy atom. The number of rotatable bonds is 4. The van der Waals surface area contributed by atoms with Crippen molar-refractivity contribution in [1.29, 1.82) is 0 Å². The number of carbonyl (C=O) groups excluding carboxylic acids is 1. The van der Waals surface area contributed by atoms with Gasteiger partial charge in [0.1, 0.15) is 0 Å². The van der Waals surface area contributed by atoms with Crippen LogP contribution in [0.15, 0.2) is 28.6 Å². The predicted molar refractivity (Wildman–Crippen MR) is 91.6 cm³/mol. The monoisotopic (exact) mass is 343 g/mol. The minimum atomic E-state index is 0. The Morgan fingerprint density at radius 2 is 2.14 bits per heavy atom. The van der Waals surface area contributed by atoms with Gasteiger partial charge in [-0.25, -0.2) is 4.98 Å². The number of benzene rings is 1. The van der Waals surface area contributed by atoms with Crippen LogP contribution in [0.25, 0.3) is 10.2 Å². The van der Waals surface area contributed by atoms with E-state index >= 15 is 0 Å². The third-order valence-corrected chi connectivity index (χ3v) is 5.48. The van der Waals surface area contributed by atoms with Crippen molar-refractivity contribution in [2.75, 3.05) is 18.8 Å². The first kappa shape index (κ1) is 16.5. The standard InChI is InChI=1S/C14H17N3OS2.ClH/c18-13(16-10-5-7-15-8-6-10)9-19-14-17-11-3-1-2-4-12(11)20-14;/h1-4,10,15H,5-9H2,(H,16,18);1H. The van der Waals surface area contributed by atoms with Crippen LogP contribution in [0, 0.1) is 0 Å². The minimum Gasteiger partial charge on any atom is -0.353 e. The van der Waals surface area contributed by atoms with Gasteiger partial charge in [0.25, 0.3) is 0 Å². The van der Waals surface area contributed by atoms with Gasteiger partial charge in [-0.2, -0.15) is 0 Å². The number of aromatic nitrogens is 1. The molecule has 1 saturated heterocycles. The van der Waals surface area contributed by atoms with Gasteiger partial charge in [-0.15, -0.1) is 23.7 Å². The molecule has 0 bridgehead atoms. The number of thioether (sulfide) groups is 1. The topological polar surface area (TPSA) is 54.0 Å². The molecule has 2 aromatic rings. The Kier molecular flexibility index (Phi) is 6.29. The summed E-state index contributed by atoms with van der Waals surface area (Å²) in [5.41, 5.74) is 1.01. The van der Waals surface area contributed by atoms with Crippen molar-refractivity contribution in [1.82, 2.24) is 15.6 Å². The van der Waals surface area contributed by atoms with E-state index in [2.05, 4.69) is 21.7 Å². The van der Waals surface area contributed by atoms with Crippen LogP contribution >= 0.6 is 35.5 Å². The SMILES string of the molecule is Cl.O=C(CSc1nc2ccccc2s1)NC1CCNCC1. The van der Waals surface area contributed by atoms with E-state index in [1.807, 2.05) is 18.2 Å². The summed E-state index contributed by atoms with van der Waals surface area (Å²) in [7, 11) is 0. The molecule has 0 radical (unpaired) electrons. The molecule has 114 valence electrons. The van der Waals surface area contributed by atoms with Crippen LogP contribution in [0.1, 0.15) is 12.8 Å². The summed E-state index contributed by atoms with van der Waals surface area (Å²) in [6, 6.07) is 8.40. The highest BCUT2D eigenvalue weighted by Gasteiger charge is 2.15. The van der Waals surface area contributed by atoms with Gasteiger partial charge in [0.15, 0.2) is 4.34 Å². The molecule has 1 aromatic heterocycles. The Labute approximate surface area is 138 Å². The van der Waals surface area contributed by atoms with Crippen LogP contribution in [0.4, 0.5) is 0 Å². The number of nitrogens with zero attached hydrogens (tertiary/aromatic N) is 1. The molecule has 7 heteroatoms. The molecule has 0 spiro atoms. The molecule has 1 aromatic carbocycles. The maximum atomic E-state index is 11.9. The smallest absolute Gasteiger partial charge is 0.230 e. The maximum Gasteiger partial charge on any atom is 0.230 e. The molecule has 21 heavy (non-hydrogen) atoms. The number of hydrogen-bond donors (Lipinski definition) is 2. The zero-order chi connectivity index (χ0) is 13.8. The second-order valence-electron chi connectivity index (χ2n) is 4.83. The van der Waals surface area contributed by atoms with Gasteiger partial charge in [0.05, 0.1) is 16.0 Å². The zero-order valence-corrected chi connectivity index (χ0v) is 14.0. The van der Waals surface area contributed by atoms with Crippen molar-refractivity contribution in [3.63, 3.8) is 0 Å². The lowest BCUT2D eigenvalue weighted by molar-refractivity contribution is -0.119. The van der Waals surface area contributed by atoms with E-state index < -0.39 is 0 Å². The molecule has 0 aliphatic carbocycles. The number of piperidine rings is 1. The fourth-order valence-corrected chi connectivity index (χ4v) is 4.16. The Bertz CT molecular complexity index is 566. The minimum absolute atomic E-state index is 0. The predicted octanol–water partition coefficient (Wildman–Crippen LogP) is 2.68. The summed E-state index contributed by atoms with van der Waals surface area (Å²) in [4.78, 5) is 16.4. The molecular weight excluding hydrogens is 326 g/mol. The summed E-state index contributed by atoms with van der Waals surface area (Å²) < 4.78 is 2.14. The summed E-state index contributed by atoms with van der Waals surface area (Å²) in [6.07, 6.45) is 2.05. The van der Waals surface area contributed by atoms with Crippen molar-refractivity contribution < 1.29 is 4.79 Å². The third kappa shape index (κ3) is 4.57. The zero-order valence-electron chi connectivity index (χ0n) is 11.5. The van der Waals surface area contributed by atoms with E-state index in [0.29, 0.717) is 11.8 Å². The van der Waals surface area contributed by atoms with E-state index in [1.54, 1.807) is 11.3 Å². The first-order valence-corrected chi connectivity index (χ1v) is 8.60. The largest absolute Gasteiger partial charge is 0.353 e. The van der Waals surface area contributed by atoms with E-state index in [9.17, 15) is 4.79 Å². The van der Waals surface area contributed by atoms with Crippen molar-refractivity contribution in [3.05, 3.63) is 24.3 Å². The van der Waals surface area contributed by atoms with Gasteiger partial charge in [0.2, 0.25) is 5.91 Å². The van der Waals surface area contributed by atoms with E-state index in [4.69, 9.17) is 0 Å². The number of halogens is 1. The number of para-hydroxylation sites is 1. The van der Waals surface area contributed by atoms with E-state index in [-0.39, 0.29) is 18.3 Å². The highest BCUT2D eigenvalue weighted by molar-refractivity contribution is 8.01. The quantitative estimate of drug-likeness (QED) is 0.838. The third-order valence-electron chi connectivity index (χ3n) is 3.31. The molecule has 4 nitrogen and oxygen atoms in total. The molecule has 2 N–H and O–H groups in total. The lowest BCUT2D eigenvalue weighted by Gasteiger charge is -2.23. The van der Waals surface area contributed by atoms with Crippen LogP contribution in [0.3, 0.4) is 0 Å². The lowest BCUT2D eigenvalue weighted by atomic mass is 10.1. The molecule has 3 rings (SSSR count). The van der Waals surface area contributed by atoms with Crippen LogP contribution < -0.4 is 10.6 Å². The van der Waals surface area contributed by atoms with Gasteiger partial charge >= 0.3 is 0 Å². The molecule has 0 atom stereocenters. The molecule has 1 aliphatic rings. The van der Waals surface area contributed by atoms with Gasteiger partial charge in [-0.3, -0.25) is 4.79 Å². The van der Waals surface area contributed by atoms with Crippen LogP contribution in [-0.2, 0) is 4.79 Å². The van der Waals surface area contributed by atoms with Gasteiger partial charge in [0, 0.05) is 6.04 Å². The number of amides is 1. The molecular formula is C14H18ClN3OS2. The van der Waals surface area contributed by atoms with Crippen molar-refractivity contribution in [2.45, 2.75) is 23.2 Å². The van der Waals surface area contributed by atoms with Crippen molar-refractivity contribution >= 4 is 51.6 Å². The van der Waals surface area contributed by atoms with Gasteiger partial charge in [-0.05, 0) is 38.1 Å². The Morgan fingerprint density at radius 3 is 2.90 bits per heavy atom. The lowest BCUT2D eigenvalue weighted by Crippen LogP contribution is -2.43. The summed E-state index contributed by atoms with van der Waals surface area (Å²) >= 11 is 3.17. The fraction of sp³-hybridized carbons (Fsp3) is 0.429. The summed E-state index contributed by atoms with van der Waals surface area (Å²) in [5.74, 6) is 0.560. The van der Waals surface area contributed by atoms with Gasteiger partial charge < -0.3 is 10.6 Å². The second kappa shape index (κ2) is 7.98. The Hall–Kier alpha value is -0.820. The molecule has 0 unspecified atom stereocenters. The van der Waals surface area contributed by atoms with Crippen LogP contribution in [0.5, 0.6) is 0 Å². The first-order valence-electron chi connectivity index (χ1n) is 6.80. The number of hydrogen-bond acceptors (Lipinski definition) is 5. The van der Waals surface area contributed by atoms with Gasteiger partial charge in [-0.1, -0.05) is 23.9 Å².